The standard InChI is InChI=1S/C12H17BrN4OS/c1-3-17(4-2)6-9(14)11-15-12(18-16-11)8-5-10(13)19-7-8/h5,7,9H,3-4,6,14H2,1-2H3. The first-order chi connectivity index (χ1) is 9.13. The predicted molar refractivity (Wildman–Crippen MR) is 80.0 cm³/mol. The predicted octanol–water partition coefficient (Wildman–Crippen LogP) is 2.90. The number of likely N-dealkylation sites (N-methyl/N-ethyl adjacent to an activating group) is 1. The fourth-order valence-corrected chi connectivity index (χ4v) is 2.90. The Morgan fingerprint density at radius 3 is 2.79 bits per heavy atom. The Balaban J connectivity index is 2.08. The average molecular weight is 345 g/mol. The lowest BCUT2D eigenvalue weighted by Gasteiger charge is -2.20. The molecule has 2 rings (SSSR count). The average Bonchev–Trinajstić information content (AvgIpc) is 3.04. The smallest absolute Gasteiger partial charge is 0.258 e. The SMILES string of the molecule is CCN(CC)CC(N)c1noc(-c2csc(Br)c2)n1. The summed E-state index contributed by atoms with van der Waals surface area (Å²) in [5.74, 6) is 1.08. The van der Waals surface area contributed by atoms with Crippen LogP contribution in [0.25, 0.3) is 11.5 Å². The fourth-order valence-electron chi connectivity index (χ4n) is 1.77. The minimum Gasteiger partial charge on any atom is -0.334 e. The second kappa shape index (κ2) is 6.60. The molecule has 0 fully saturated rings. The Morgan fingerprint density at radius 1 is 1.47 bits per heavy atom. The summed E-state index contributed by atoms with van der Waals surface area (Å²) in [5, 5.41) is 5.94. The lowest BCUT2D eigenvalue weighted by atomic mass is 10.2. The zero-order chi connectivity index (χ0) is 13.8. The second-order valence-corrected chi connectivity index (χ2v) is 6.48. The lowest BCUT2D eigenvalue weighted by molar-refractivity contribution is 0.278. The molecule has 7 heteroatoms. The van der Waals surface area contributed by atoms with Crippen molar-refractivity contribution in [3.05, 3.63) is 21.1 Å². The molecule has 0 aliphatic carbocycles. The van der Waals surface area contributed by atoms with Crippen LogP contribution in [0, 0.1) is 0 Å². The largest absolute Gasteiger partial charge is 0.334 e. The van der Waals surface area contributed by atoms with Gasteiger partial charge in [0.1, 0.15) is 0 Å². The van der Waals surface area contributed by atoms with Crippen molar-refractivity contribution in [1.82, 2.24) is 15.0 Å². The van der Waals surface area contributed by atoms with Crippen LogP contribution in [0.5, 0.6) is 0 Å². The van der Waals surface area contributed by atoms with Gasteiger partial charge in [0.2, 0.25) is 0 Å². The Bertz CT molecular complexity index is 523. The van der Waals surface area contributed by atoms with Gasteiger partial charge in [-0.15, -0.1) is 11.3 Å². The van der Waals surface area contributed by atoms with Crippen molar-refractivity contribution in [2.45, 2.75) is 19.9 Å². The summed E-state index contributed by atoms with van der Waals surface area (Å²) in [4.78, 5) is 6.61. The van der Waals surface area contributed by atoms with Gasteiger partial charge in [-0.2, -0.15) is 4.98 Å². The quantitative estimate of drug-likeness (QED) is 0.872. The summed E-state index contributed by atoms with van der Waals surface area (Å²) < 4.78 is 6.30. The van der Waals surface area contributed by atoms with Crippen molar-refractivity contribution in [2.75, 3.05) is 19.6 Å². The molecular weight excluding hydrogens is 328 g/mol. The third-order valence-corrected chi connectivity index (χ3v) is 4.44. The Morgan fingerprint density at radius 2 is 2.21 bits per heavy atom. The monoisotopic (exact) mass is 344 g/mol. The molecule has 0 saturated carbocycles. The van der Waals surface area contributed by atoms with E-state index in [1.807, 2.05) is 11.4 Å². The third kappa shape index (κ3) is 3.62. The van der Waals surface area contributed by atoms with Gasteiger partial charge < -0.3 is 15.2 Å². The fraction of sp³-hybridized carbons (Fsp3) is 0.500. The van der Waals surface area contributed by atoms with Gasteiger partial charge >= 0.3 is 0 Å². The number of hydrogen-bond donors (Lipinski definition) is 1. The van der Waals surface area contributed by atoms with E-state index in [1.165, 1.54) is 0 Å². The number of nitrogens with two attached hydrogens (primary N) is 1. The van der Waals surface area contributed by atoms with Gasteiger partial charge in [0.05, 0.1) is 15.4 Å². The first kappa shape index (κ1) is 14.6. The van der Waals surface area contributed by atoms with Crippen molar-refractivity contribution in [3.63, 3.8) is 0 Å². The van der Waals surface area contributed by atoms with Crippen LogP contribution in [0.4, 0.5) is 0 Å². The lowest BCUT2D eigenvalue weighted by Crippen LogP contribution is -2.32. The molecule has 2 aromatic rings. The van der Waals surface area contributed by atoms with Crippen molar-refractivity contribution >= 4 is 27.3 Å². The first-order valence-electron chi connectivity index (χ1n) is 6.20. The topological polar surface area (TPSA) is 68.2 Å². The zero-order valence-corrected chi connectivity index (χ0v) is 13.4. The molecule has 0 radical (unpaired) electrons. The Labute approximate surface area is 124 Å². The van der Waals surface area contributed by atoms with Crippen LogP contribution < -0.4 is 5.73 Å². The molecule has 19 heavy (non-hydrogen) atoms. The molecule has 0 aromatic carbocycles. The number of aromatic nitrogens is 2. The van der Waals surface area contributed by atoms with Gasteiger partial charge in [0, 0.05) is 11.9 Å². The van der Waals surface area contributed by atoms with Gasteiger partial charge in [0.15, 0.2) is 5.82 Å². The van der Waals surface area contributed by atoms with Crippen LogP contribution in [0.2, 0.25) is 0 Å². The maximum absolute atomic E-state index is 6.11. The molecule has 1 atom stereocenters. The van der Waals surface area contributed by atoms with Crippen LogP contribution >= 0.6 is 27.3 Å². The second-order valence-electron chi connectivity index (χ2n) is 4.19. The van der Waals surface area contributed by atoms with Crippen LogP contribution in [0.1, 0.15) is 25.7 Å². The van der Waals surface area contributed by atoms with E-state index in [-0.39, 0.29) is 6.04 Å². The summed E-state index contributed by atoms with van der Waals surface area (Å²) in [7, 11) is 0. The van der Waals surface area contributed by atoms with E-state index in [1.54, 1.807) is 11.3 Å². The van der Waals surface area contributed by atoms with E-state index in [0.717, 1.165) is 29.0 Å². The highest BCUT2D eigenvalue weighted by atomic mass is 79.9. The van der Waals surface area contributed by atoms with Crippen LogP contribution in [0.3, 0.4) is 0 Å². The molecule has 5 nitrogen and oxygen atoms in total. The van der Waals surface area contributed by atoms with Gasteiger partial charge in [-0.05, 0) is 35.1 Å². The summed E-state index contributed by atoms with van der Waals surface area (Å²) in [6.45, 7) is 6.89. The Kier molecular flexibility index (Phi) is 5.09. The number of hydrogen-bond acceptors (Lipinski definition) is 6. The maximum atomic E-state index is 6.11. The van der Waals surface area contributed by atoms with Gasteiger partial charge in [-0.1, -0.05) is 19.0 Å². The maximum Gasteiger partial charge on any atom is 0.258 e. The van der Waals surface area contributed by atoms with Gasteiger partial charge in [-0.3, -0.25) is 0 Å². The minimum atomic E-state index is -0.223. The number of nitrogens with zero attached hydrogens (tertiary/aromatic N) is 3. The van der Waals surface area contributed by atoms with Crippen molar-refractivity contribution in [3.8, 4) is 11.5 Å². The summed E-state index contributed by atoms with van der Waals surface area (Å²) in [6.07, 6.45) is 0. The molecule has 2 N–H and O–H groups in total. The minimum absolute atomic E-state index is 0.223. The molecule has 0 amide bonds. The van der Waals surface area contributed by atoms with Crippen molar-refractivity contribution in [2.24, 2.45) is 5.73 Å². The molecule has 0 aliphatic heterocycles. The summed E-state index contributed by atoms with van der Waals surface area (Å²) >= 11 is 5.00. The molecule has 0 bridgehead atoms. The molecule has 104 valence electrons. The molecule has 0 saturated heterocycles. The van der Waals surface area contributed by atoms with Crippen LogP contribution in [0.15, 0.2) is 19.8 Å². The molecule has 2 aromatic heterocycles. The normalized spacial score (nSPS) is 13.1. The molecule has 2 heterocycles. The number of halogens is 1. The van der Waals surface area contributed by atoms with Crippen LogP contribution in [-0.2, 0) is 0 Å². The van der Waals surface area contributed by atoms with E-state index < -0.39 is 0 Å². The summed E-state index contributed by atoms with van der Waals surface area (Å²) in [5.41, 5.74) is 7.03. The van der Waals surface area contributed by atoms with Crippen molar-refractivity contribution < 1.29 is 4.52 Å². The third-order valence-electron chi connectivity index (χ3n) is 2.94. The number of thiophene rings is 1. The zero-order valence-electron chi connectivity index (χ0n) is 11.0. The first-order valence-corrected chi connectivity index (χ1v) is 7.87. The summed E-state index contributed by atoms with van der Waals surface area (Å²) in [6, 6.07) is 1.73. The van der Waals surface area contributed by atoms with E-state index >= 15 is 0 Å². The molecular formula is C12H17BrN4OS. The molecule has 1 unspecified atom stereocenters. The van der Waals surface area contributed by atoms with Gasteiger partial charge in [0.25, 0.3) is 5.89 Å². The highest BCUT2D eigenvalue weighted by Gasteiger charge is 2.17. The van der Waals surface area contributed by atoms with Crippen molar-refractivity contribution in [1.29, 1.82) is 0 Å². The Hall–Kier alpha value is -0.760. The van der Waals surface area contributed by atoms with Crippen LogP contribution in [-0.4, -0.2) is 34.7 Å². The van der Waals surface area contributed by atoms with E-state index in [2.05, 4.69) is 44.8 Å². The van der Waals surface area contributed by atoms with E-state index in [0.29, 0.717) is 11.7 Å². The van der Waals surface area contributed by atoms with E-state index in [9.17, 15) is 0 Å². The van der Waals surface area contributed by atoms with E-state index in [4.69, 9.17) is 10.3 Å². The highest BCUT2D eigenvalue weighted by molar-refractivity contribution is 9.11. The molecule has 0 spiro atoms. The number of rotatable bonds is 6. The van der Waals surface area contributed by atoms with Gasteiger partial charge in [-0.25, -0.2) is 0 Å². The molecule has 0 aliphatic rings. The highest BCUT2D eigenvalue weighted by Crippen LogP contribution is 2.28.